The van der Waals surface area contributed by atoms with Crippen LogP contribution < -0.4 is 10.1 Å². The third-order valence-corrected chi connectivity index (χ3v) is 3.79. The monoisotopic (exact) mass is 332 g/mol. The second kappa shape index (κ2) is 8.64. The van der Waals surface area contributed by atoms with Crippen molar-refractivity contribution in [3.8, 4) is 5.75 Å². The summed E-state index contributed by atoms with van der Waals surface area (Å²) in [6, 6.07) is 21.2. The lowest BCUT2D eigenvalue weighted by molar-refractivity contribution is 0.0951. The van der Waals surface area contributed by atoms with Crippen molar-refractivity contribution in [2.75, 3.05) is 6.61 Å². The van der Waals surface area contributed by atoms with Crippen LogP contribution in [-0.2, 0) is 13.0 Å². The predicted octanol–water partition coefficient (Wildman–Crippen LogP) is 3.63. The van der Waals surface area contributed by atoms with E-state index in [1.165, 1.54) is 5.56 Å². The number of nitrogens with zero attached hydrogens (tertiary/aromatic N) is 1. The lowest BCUT2D eigenvalue weighted by Gasteiger charge is -2.08. The lowest BCUT2D eigenvalue weighted by Crippen LogP contribution is -2.22. The summed E-state index contributed by atoms with van der Waals surface area (Å²) < 4.78 is 5.73. The summed E-state index contributed by atoms with van der Waals surface area (Å²) in [6.07, 6.45) is 4.31. The molecule has 126 valence electrons. The smallest absolute Gasteiger partial charge is 0.251 e. The molecular weight excluding hydrogens is 312 g/mol. The molecule has 0 saturated carbocycles. The maximum absolute atomic E-state index is 12.2. The zero-order chi connectivity index (χ0) is 17.3. The van der Waals surface area contributed by atoms with E-state index in [-0.39, 0.29) is 5.91 Å². The molecular formula is C21H20N2O2. The molecule has 3 aromatic rings. The van der Waals surface area contributed by atoms with E-state index in [0.717, 1.165) is 17.7 Å². The third kappa shape index (κ3) is 5.18. The number of carbonyl (C=O) groups excluding carboxylic acids is 1. The van der Waals surface area contributed by atoms with Crippen molar-refractivity contribution in [3.05, 3.63) is 95.8 Å². The average Bonchev–Trinajstić information content (AvgIpc) is 2.68. The van der Waals surface area contributed by atoms with E-state index >= 15 is 0 Å². The van der Waals surface area contributed by atoms with Crippen LogP contribution in [0.2, 0.25) is 0 Å². The minimum absolute atomic E-state index is 0.111. The van der Waals surface area contributed by atoms with Crippen molar-refractivity contribution < 1.29 is 9.53 Å². The summed E-state index contributed by atoms with van der Waals surface area (Å²) in [5.74, 6) is 0.652. The SMILES string of the molecule is O=C(NCc1cccnc1)c1ccc(OCCc2ccccc2)cc1. The molecule has 0 atom stereocenters. The molecule has 0 aliphatic carbocycles. The van der Waals surface area contributed by atoms with E-state index < -0.39 is 0 Å². The number of pyridine rings is 1. The first kappa shape index (κ1) is 16.7. The van der Waals surface area contributed by atoms with Gasteiger partial charge in [0, 0.05) is 30.9 Å². The maximum atomic E-state index is 12.2. The summed E-state index contributed by atoms with van der Waals surface area (Å²) >= 11 is 0. The second-order valence-corrected chi connectivity index (χ2v) is 5.65. The van der Waals surface area contributed by atoms with Gasteiger partial charge >= 0.3 is 0 Å². The van der Waals surface area contributed by atoms with Crippen molar-refractivity contribution in [2.24, 2.45) is 0 Å². The summed E-state index contributed by atoms with van der Waals surface area (Å²) in [7, 11) is 0. The molecule has 0 unspecified atom stereocenters. The first-order chi connectivity index (χ1) is 12.3. The van der Waals surface area contributed by atoms with Crippen LogP contribution in [0.5, 0.6) is 5.75 Å². The average molecular weight is 332 g/mol. The Hall–Kier alpha value is -3.14. The van der Waals surface area contributed by atoms with E-state index in [2.05, 4.69) is 22.4 Å². The molecule has 2 aromatic carbocycles. The van der Waals surface area contributed by atoms with Crippen LogP contribution in [0.15, 0.2) is 79.1 Å². The first-order valence-corrected chi connectivity index (χ1v) is 8.25. The van der Waals surface area contributed by atoms with E-state index in [9.17, 15) is 4.79 Å². The third-order valence-electron chi connectivity index (χ3n) is 3.79. The molecule has 0 aliphatic rings. The fraction of sp³-hybridized carbons (Fsp3) is 0.143. The molecule has 25 heavy (non-hydrogen) atoms. The van der Waals surface area contributed by atoms with Crippen LogP contribution in [0.1, 0.15) is 21.5 Å². The number of ether oxygens (including phenoxy) is 1. The Morgan fingerprint density at radius 2 is 1.68 bits per heavy atom. The number of rotatable bonds is 7. The molecule has 4 heteroatoms. The number of amides is 1. The molecule has 1 aromatic heterocycles. The fourth-order valence-electron chi connectivity index (χ4n) is 2.42. The summed E-state index contributed by atoms with van der Waals surface area (Å²) in [6.45, 7) is 1.07. The molecule has 1 heterocycles. The van der Waals surface area contributed by atoms with Gasteiger partial charge in [0.25, 0.3) is 5.91 Å². The van der Waals surface area contributed by atoms with Gasteiger partial charge in [-0.05, 0) is 41.5 Å². The Kier molecular flexibility index (Phi) is 5.77. The predicted molar refractivity (Wildman–Crippen MR) is 97.5 cm³/mol. The fourth-order valence-corrected chi connectivity index (χ4v) is 2.42. The number of benzene rings is 2. The number of carbonyl (C=O) groups is 1. The normalized spacial score (nSPS) is 10.2. The zero-order valence-corrected chi connectivity index (χ0v) is 13.9. The van der Waals surface area contributed by atoms with Gasteiger partial charge in [-0.15, -0.1) is 0 Å². The Labute approximate surface area is 147 Å². The Balaban J connectivity index is 1.47. The van der Waals surface area contributed by atoms with Gasteiger partial charge in [0.05, 0.1) is 6.61 Å². The quantitative estimate of drug-likeness (QED) is 0.719. The van der Waals surface area contributed by atoms with Crippen molar-refractivity contribution in [2.45, 2.75) is 13.0 Å². The Morgan fingerprint density at radius 1 is 0.920 bits per heavy atom. The molecule has 0 fully saturated rings. The van der Waals surface area contributed by atoms with Gasteiger partial charge in [0.2, 0.25) is 0 Å². The minimum atomic E-state index is -0.111. The highest BCUT2D eigenvalue weighted by Crippen LogP contribution is 2.13. The molecule has 0 radical (unpaired) electrons. The van der Waals surface area contributed by atoms with Crippen molar-refractivity contribution in [3.63, 3.8) is 0 Å². The van der Waals surface area contributed by atoms with Crippen molar-refractivity contribution in [1.82, 2.24) is 10.3 Å². The summed E-state index contributed by atoms with van der Waals surface area (Å²) in [5, 5.41) is 2.88. The summed E-state index contributed by atoms with van der Waals surface area (Å²) in [5.41, 5.74) is 2.82. The highest BCUT2D eigenvalue weighted by molar-refractivity contribution is 5.94. The van der Waals surface area contributed by atoms with Crippen LogP contribution in [0, 0.1) is 0 Å². The van der Waals surface area contributed by atoms with Crippen LogP contribution in [0.25, 0.3) is 0 Å². The van der Waals surface area contributed by atoms with E-state index in [1.54, 1.807) is 24.5 Å². The summed E-state index contributed by atoms with van der Waals surface area (Å²) in [4.78, 5) is 16.2. The number of aromatic nitrogens is 1. The lowest BCUT2D eigenvalue weighted by atomic mass is 10.2. The molecule has 0 aliphatic heterocycles. The standard InChI is InChI=1S/C21H20N2O2/c24-21(23-16-18-7-4-13-22-15-18)19-8-10-20(11-9-19)25-14-12-17-5-2-1-3-6-17/h1-11,13,15H,12,14,16H2,(H,23,24). The maximum Gasteiger partial charge on any atom is 0.251 e. The van der Waals surface area contributed by atoms with Gasteiger partial charge < -0.3 is 10.1 Å². The van der Waals surface area contributed by atoms with E-state index in [4.69, 9.17) is 4.74 Å². The van der Waals surface area contributed by atoms with Crippen LogP contribution in [0.3, 0.4) is 0 Å². The van der Waals surface area contributed by atoms with Crippen molar-refractivity contribution in [1.29, 1.82) is 0 Å². The Morgan fingerprint density at radius 3 is 2.40 bits per heavy atom. The first-order valence-electron chi connectivity index (χ1n) is 8.25. The van der Waals surface area contributed by atoms with Gasteiger partial charge in [-0.25, -0.2) is 0 Å². The zero-order valence-electron chi connectivity index (χ0n) is 13.9. The highest BCUT2D eigenvalue weighted by atomic mass is 16.5. The molecule has 0 spiro atoms. The van der Waals surface area contributed by atoms with Crippen LogP contribution >= 0.6 is 0 Å². The van der Waals surface area contributed by atoms with Gasteiger partial charge in [0.15, 0.2) is 0 Å². The largest absolute Gasteiger partial charge is 0.493 e. The van der Waals surface area contributed by atoms with Gasteiger partial charge in [-0.1, -0.05) is 36.4 Å². The van der Waals surface area contributed by atoms with Gasteiger partial charge in [-0.3, -0.25) is 9.78 Å². The topological polar surface area (TPSA) is 51.2 Å². The van der Waals surface area contributed by atoms with Gasteiger partial charge in [0.1, 0.15) is 5.75 Å². The Bertz CT molecular complexity index is 787. The number of hydrogen-bond donors (Lipinski definition) is 1. The molecule has 0 saturated heterocycles. The molecule has 1 N–H and O–H groups in total. The van der Waals surface area contributed by atoms with E-state index in [0.29, 0.717) is 18.7 Å². The minimum Gasteiger partial charge on any atom is -0.493 e. The van der Waals surface area contributed by atoms with Crippen LogP contribution in [-0.4, -0.2) is 17.5 Å². The van der Waals surface area contributed by atoms with Gasteiger partial charge in [-0.2, -0.15) is 0 Å². The number of hydrogen-bond acceptors (Lipinski definition) is 3. The number of nitrogens with one attached hydrogen (secondary N) is 1. The van der Waals surface area contributed by atoms with Crippen LogP contribution in [0.4, 0.5) is 0 Å². The van der Waals surface area contributed by atoms with Crippen molar-refractivity contribution >= 4 is 5.91 Å². The highest BCUT2D eigenvalue weighted by Gasteiger charge is 2.05. The second-order valence-electron chi connectivity index (χ2n) is 5.65. The molecule has 3 rings (SSSR count). The molecule has 1 amide bonds. The molecule has 0 bridgehead atoms. The molecule has 4 nitrogen and oxygen atoms in total. The van der Waals surface area contributed by atoms with E-state index in [1.807, 2.05) is 42.5 Å².